The molecule has 1 aromatic rings. The van der Waals surface area contributed by atoms with E-state index >= 15 is 0 Å². The van der Waals surface area contributed by atoms with E-state index in [1.54, 1.807) is 0 Å². The van der Waals surface area contributed by atoms with Gasteiger partial charge in [-0.25, -0.2) is 0 Å². The summed E-state index contributed by atoms with van der Waals surface area (Å²) in [6.07, 6.45) is 0. The molecule has 0 amide bonds. The molecule has 17 heavy (non-hydrogen) atoms. The highest BCUT2D eigenvalue weighted by atomic mass is 32.2. The number of hydrogen-bond acceptors (Lipinski definition) is 3. The van der Waals surface area contributed by atoms with Crippen molar-refractivity contribution in [1.82, 2.24) is 0 Å². The average Bonchev–Trinajstić information content (AvgIpc) is 2.28. The van der Waals surface area contributed by atoms with Crippen molar-refractivity contribution in [2.24, 2.45) is 5.41 Å². The molecule has 2 N–H and O–H groups in total. The fraction of sp³-hybridized carbons (Fsp3) is 0.571. The van der Waals surface area contributed by atoms with Crippen molar-refractivity contribution in [2.45, 2.75) is 37.8 Å². The Morgan fingerprint density at radius 1 is 1.24 bits per heavy atom. The molecule has 0 aliphatic heterocycles. The van der Waals surface area contributed by atoms with Crippen molar-refractivity contribution in [1.29, 1.82) is 0 Å². The molecule has 0 unspecified atom stereocenters. The second-order valence-electron chi connectivity index (χ2n) is 5.37. The summed E-state index contributed by atoms with van der Waals surface area (Å²) in [7, 11) is 0. The van der Waals surface area contributed by atoms with Crippen LogP contribution in [0.5, 0.6) is 0 Å². The highest BCUT2D eigenvalue weighted by Gasteiger charge is 2.15. The smallest absolute Gasteiger partial charge is 0.0498 e. The maximum absolute atomic E-state index is 9.17. The van der Waals surface area contributed by atoms with Crippen LogP contribution in [-0.4, -0.2) is 23.5 Å². The standard InChI is InChI=1S/C14H23NOS/c1-11(2)17-13-7-5-12(6-8-13)15-9-14(3,4)10-16/h5-8,11,15-16H,9-10H2,1-4H3. The van der Waals surface area contributed by atoms with Crippen LogP contribution in [0.4, 0.5) is 5.69 Å². The molecule has 1 aromatic carbocycles. The predicted molar refractivity (Wildman–Crippen MR) is 76.8 cm³/mol. The summed E-state index contributed by atoms with van der Waals surface area (Å²) in [6, 6.07) is 8.47. The molecule has 0 bridgehead atoms. The lowest BCUT2D eigenvalue weighted by atomic mass is 9.95. The van der Waals surface area contributed by atoms with Crippen LogP contribution >= 0.6 is 11.8 Å². The van der Waals surface area contributed by atoms with Crippen LogP contribution in [0.15, 0.2) is 29.2 Å². The van der Waals surface area contributed by atoms with E-state index in [0.29, 0.717) is 5.25 Å². The summed E-state index contributed by atoms with van der Waals surface area (Å²) >= 11 is 1.87. The van der Waals surface area contributed by atoms with E-state index < -0.39 is 0 Å². The van der Waals surface area contributed by atoms with Gasteiger partial charge in [0.15, 0.2) is 0 Å². The van der Waals surface area contributed by atoms with Gasteiger partial charge in [0.2, 0.25) is 0 Å². The zero-order valence-electron chi connectivity index (χ0n) is 11.2. The fourth-order valence-corrected chi connectivity index (χ4v) is 2.16. The van der Waals surface area contributed by atoms with Crippen molar-refractivity contribution in [3.05, 3.63) is 24.3 Å². The van der Waals surface area contributed by atoms with Crippen molar-refractivity contribution in [3.8, 4) is 0 Å². The minimum Gasteiger partial charge on any atom is -0.396 e. The molecule has 1 rings (SSSR count). The molecule has 0 aliphatic rings. The first kappa shape index (κ1) is 14.4. The van der Waals surface area contributed by atoms with Gasteiger partial charge >= 0.3 is 0 Å². The minimum absolute atomic E-state index is 0.0780. The third kappa shape index (κ3) is 5.46. The first-order valence-electron chi connectivity index (χ1n) is 6.04. The summed E-state index contributed by atoms with van der Waals surface area (Å²) in [5.74, 6) is 0. The van der Waals surface area contributed by atoms with Crippen LogP contribution < -0.4 is 5.32 Å². The third-order valence-corrected chi connectivity index (χ3v) is 3.44. The maximum Gasteiger partial charge on any atom is 0.0498 e. The molecule has 0 fully saturated rings. The topological polar surface area (TPSA) is 32.3 Å². The van der Waals surface area contributed by atoms with Crippen LogP contribution in [0.25, 0.3) is 0 Å². The van der Waals surface area contributed by atoms with Gasteiger partial charge in [-0.3, -0.25) is 0 Å². The normalized spacial score (nSPS) is 11.9. The molecule has 0 saturated carbocycles. The van der Waals surface area contributed by atoms with Crippen LogP contribution in [0, 0.1) is 5.41 Å². The summed E-state index contributed by atoms with van der Waals surface area (Å²) in [4.78, 5) is 1.30. The molecule has 3 heteroatoms. The van der Waals surface area contributed by atoms with E-state index in [2.05, 4.69) is 43.4 Å². The fourth-order valence-electron chi connectivity index (χ4n) is 1.32. The number of aliphatic hydroxyl groups excluding tert-OH is 1. The van der Waals surface area contributed by atoms with Gasteiger partial charge in [0.1, 0.15) is 0 Å². The van der Waals surface area contributed by atoms with Gasteiger partial charge in [0.05, 0.1) is 0 Å². The lowest BCUT2D eigenvalue weighted by molar-refractivity contribution is 0.171. The molecule has 96 valence electrons. The van der Waals surface area contributed by atoms with Crippen LogP contribution in [0.2, 0.25) is 0 Å². The molecule has 0 heterocycles. The molecule has 0 aliphatic carbocycles. The SMILES string of the molecule is CC(C)Sc1ccc(NCC(C)(C)CO)cc1. The van der Waals surface area contributed by atoms with Gasteiger partial charge in [0, 0.05) is 34.4 Å². The molecule has 0 spiro atoms. The van der Waals surface area contributed by atoms with E-state index in [1.807, 2.05) is 25.6 Å². The average molecular weight is 253 g/mol. The van der Waals surface area contributed by atoms with E-state index in [9.17, 15) is 5.11 Å². The minimum atomic E-state index is -0.0780. The van der Waals surface area contributed by atoms with Gasteiger partial charge in [-0.05, 0) is 24.3 Å². The number of thioether (sulfide) groups is 1. The second-order valence-corrected chi connectivity index (χ2v) is 7.02. The number of rotatable bonds is 6. The Balaban J connectivity index is 2.51. The summed E-state index contributed by atoms with van der Waals surface area (Å²) in [5.41, 5.74) is 1.03. The first-order chi connectivity index (χ1) is 7.93. The predicted octanol–water partition coefficient (Wildman–Crippen LogP) is 3.62. The number of aliphatic hydroxyl groups is 1. The largest absolute Gasteiger partial charge is 0.396 e. The molecule has 0 atom stereocenters. The highest BCUT2D eigenvalue weighted by molar-refractivity contribution is 7.99. The van der Waals surface area contributed by atoms with E-state index in [-0.39, 0.29) is 12.0 Å². The van der Waals surface area contributed by atoms with Crippen molar-refractivity contribution in [3.63, 3.8) is 0 Å². The number of benzene rings is 1. The van der Waals surface area contributed by atoms with Gasteiger partial charge in [-0.1, -0.05) is 27.7 Å². The molecule has 2 nitrogen and oxygen atoms in total. The summed E-state index contributed by atoms with van der Waals surface area (Å²) < 4.78 is 0. The Bertz CT molecular complexity index is 333. The maximum atomic E-state index is 9.17. The quantitative estimate of drug-likeness (QED) is 0.760. The summed E-state index contributed by atoms with van der Waals surface area (Å²) in [6.45, 7) is 9.45. The zero-order valence-corrected chi connectivity index (χ0v) is 12.0. The van der Waals surface area contributed by atoms with E-state index in [1.165, 1.54) is 4.90 Å². The Morgan fingerprint density at radius 2 is 1.82 bits per heavy atom. The van der Waals surface area contributed by atoms with E-state index in [0.717, 1.165) is 12.2 Å². The highest BCUT2D eigenvalue weighted by Crippen LogP contribution is 2.24. The molecular weight excluding hydrogens is 230 g/mol. The van der Waals surface area contributed by atoms with Gasteiger partial charge in [-0.2, -0.15) is 0 Å². The Labute approximate surface area is 109 Å². The summed E-state index contributed by atoms with van der Waals surface area (Å²) in [5, 5.41) is 13.1. The van der Waals surface area contributed by atoms with E-state index in [4.69, 9.17) is 0 Å². The van der Waals surface area contributed by atoms with Crippen molar-refractivity contribution >= 4 is 17.4 Å². The van der Waals surface area contributed by atoms with Crippen LogP contribution in [0.3, 0.4) is 0 Å². The first-order valence-corrected chi connectivity index (χ1v) is 6.92. The Kier molecular flexibility index (Phi) is 5.34. The zero-order chi connectivity index (χ0) is 12.9. The van der Waals surface area contributed by atoms with Gasteiger partial charge < -0.3 is 10.4 Å². The monoisotopic (exact) mass is 253 g/mol. The lowest BCUT2D eigenvalue weighted by Gasteiger charge is -2.22. The molecule has 0 aromatic heterocycles. The van der Waals surface area contributed by atoms with Crippen molar-refractivity contribution < 1.29 is 5.11 Å². The number of anilines is 1. The van der Waals surface area contributed by atoms with Gasteiger partial charge in [0.25, 0.3) is 0 Å². The number of nitrogens with one attached hydrogen (secondary N) is 1. The lowest BCUT2D eigenvalue weighted by Crippen LogP contribution is -2.26. The molecule has 0 radical (unpaired) electrons. The Morgan fingerprint density at radius 3 is 2.29 bits per heavy atom. The second kappa shape index (κ2) is 6.31. The Hall–Kier alpha value is -0.670. The van der Waals surface area contributed by atoms with Crippen molar-refractivity contribution in [2.75, 3.05) is 18.5 Å². The molecule has 0 saturated heterocycles. The third-order valence-electron chi connectivity index (χ3n) is 2.43. The van der Waals surface area contributed by atoms with Crippen LogP contribution in [0.1, 0.15) is 27.7 Å². The van der Waals surface area contributed by atoms with Crippen LogP contribution in [-0.2, 0) is 0 Å². The molecular formula is C14H23NOS. The van der Waals surface area contributed by atoms with Gasteiger partial charge in [-0.15, -0.1) is 11.8 Å². The number of hydrogen-bond donors (Lipinski definition) is 2.